The third-order valence-corrected chi connectivity index (χ3v) is 3.42. The van der Waals surface area contributed by atoms with Gasteiger partial charge in [0.15, 0.2) is 0 Å². The fraction of sp³-hybridized carbons (Fsp3) is 0.286. The summed E-state index contributed by atoms with van der Waals surface area (Å²) in [6.07, 6.45) is 2.36. The minimum Gasteiger partial charge on any atom is -0.496 e. The van der Waals surface area contributed by atoms with Gasteiger partial charge in [-0.2, -0.15) is 5.10 Å². The monoisotopic (exact) mass is 338 g/mol. The molecule has 20 heavy (non-hydrogen) atoms. The Balaban J connectivity index is 2.46. The van der Waals surface area contributed by atoms with E-state index in [1.54, 1.807) is 11.8 Å². The van der Waals surface area contributed by atoms with Crippen LogP contribution in [-0.4, -0.2) is 28.0 Å². The second kappa shape index (κ2) is 6.09. The Bertz CT molecular complexity index is 637. The van der Waals surface area contributed by atoms with Gasteiger partial charge in [-0.15, -0.1) is 0 Å². The standard InChI is InChI=1S/C14H15BrN2O3/c1-17-8-9(3-6-13(18)19)14(16-17)11-7-10(15)4-5-12(11)20-2/h4-5,7-8H,3,6H2,1-2H3,(H,18,19). The van der Waals surface area contributed by atoms with Crippen molar-refractivity contribution in [1.29, 1.82) is 0 Å². The molecule has 0 saturated heterocycles. The van der Waals surface area contributed by atoms with Crippen LogP contribution in [0.3, 0.4) is 0 Å². The summed E-state index contributed by atoms with van der Waals surface area (Å²) in [5, 5.41) is 13.3. The maximum Gasteiger partial charge on any atom is 0.303 e. The van der Waals surface area contributed by atoms with E-state index in [4.69, 9.17) is 9.84 Å². The first-order valence-electron chi connectivity index (χ1n) is 6.09. The van der Waals surface area contributed by atoms with Crippen molar-refractivity contribution >= 4 is 21.9 Å². The van der Waals surface area contributed by atoms with Crippen LogP contribution >= 0.6 is 15.9 Å². The lowest BCUT2D eigenvalue weighted by Crippen LogP contribution is -1.98. The molecule has 0 amide bonds. The van der Waals surface area contributed by atoms with Gasteiger partial charge < -0.3 is 9.84 Å². The van der Waals surface area contributed by atoms with E-state index in [1.807, 2.05) is 31.4 Å². The number of ether oxygens (including phenoxy) is 1. The normalized spacial score (nSPS) is 10.6. The van der Waals surface area contributed by atoms with Gasteiger partial charge in [0, 0.05) is 29.7 Å². The number of nitrogens with zero attached hydrogens (tertiary/aromatic N) is 2. The van der Waals surface area contributed by atoms with Crippen LogP contribution in [-0.2, 0) is 18.3 Å². The highest BCUT2D eigenvalue weighted by Gasteiger charge is 2.15. The molecule has 0 unspecified atom stereocenters. The second-order valence-corrected chi connectivity index (χ2v) is 5.33. The van der Waals surface area contributed by atoms with Gasteiger partial charge in [-0.25, -0.2) is 0 Å². The van der Waals surface area contributed by atoms with Crippen LogP contribution in [0.5, 0.6) is 5.75 Å². The van der Waals surface area contributed by atoms with Gasteiger partial charge in [0.1, 0.15) is 5.75 Å². The Hall–Kier alpha value is -1.82. The molecule has 1 aromatic heterocycles. The molecule has 0 radical (unpaired) electrons. The number of carboxylic acids is 1. The lowest BCUT2D eigenvalue weighted by Gasteiger charge is -2.08. The highest BCUT2D eigenvalue weighted by atomic mass is 79.9. The molecular formula is C14H15BrN2O3. The third-order valence-electron chi connectivity index (χ3n) is 2.93. The molecule has 0 saturated carbocycles. The predicted molar refractivity (Wildman–Crippen MR) is 78.9 cm³/mol. The number of hydrogen-bond donors (Lipinski definition) is 1. The molecule has 0 fully saturated rings. The van der Waals surface area contributed by atoms with E-state index in [1.165, 1.54) is 0 Å². The van der Waals surface area contributed by atoms with E-state index in [0.29, 0.717) is 12.2 Å². The van der Waals surface area contributed by atoms with Crippen molar-refractivity contribution in [3.63, 3.8) is 0 Å². The van der Waals surface area contributed by atoms with Gasteiger partial charge in [0.2, 0.25) is 0 Å². The molecule has 1 N–H and O–H groups in total. The molecule has 1 aromatic carbocycles. The van der Waals surface area contributed by atoms with Crippen molar-refractivity contribution in [3.8, 4) is 17.0 Å². The number of rotatable bonds is 5. The summed E-state index contributed by atoms with van der Waals surface area (Å²) in [6, 6.07) is 5.67. The lowest BCUT2D eigenvalue weighted by atomic mass is 10.0. The molecule has 106 valence electrons. The van der Waals surface area contributed by atoms with Crippen molar-refractivity contribution in [1.82, 2.24) is 9.78 Å². The number of aliphatic carboxylic acids is 1. The number of carbonyl (C=O) groups is 1. The highest BCUT2D eigenvalue weighted by molar-refractivity contribution is 9.10. The fourth-order valence-electron chi connectivity index (χ4n) is 2.05. The van der Waals surface area contributed by atoms with E-state index in [-0.39, 0.29) is 6.42 Å². The van der Waals surface area contributed by atoms with Crippen LogP contribution in [0.1, 0.15) is 12.0 Å². The van der Waals surface area contributed by atoms with Crippen LogP contribution in [0.2, 0.25) is 0 Å². The number of halogens is 1. The summed E-state index contributed by atoms with van der Waals surface area (Å²) >= 11 is 3.43. The molecule has 2 aromatic rings. The Morgan fingerprint density at radius 1 is 1.50 bits per heavy atom. The smallest absolute Gasteiger partial charge is 0.303 e. The Morgan fingerprint density at radius 2 is 2.25 bits per heavy atom. The average Bonchev–Trinajstić information content (AvgIpc) is 2.77. The summed E-state index contributed by atoms with van der Waals surface area (Å²) < 4.78 is 7.97. The predicted octanol–water partition coefficient (Wildman–Crippen LogP) is 2.88. The van der Waals surface area contributed by atoms with Gasteiger partial charge in [0.25, 0.3) is 0 Å². The van der Waals surface area contributed by atoms with Gasteiger partial charge in [0.05, 0.1) is 12.8 Å². The van der Waals surface area contributed by atoms with E-state index < -0.39 is 5.97 Å². The van der Waals surface area contributed by atoms with Gasteiger partial charge in [-0.1, -0.05) is 15.9 Å². The van der Waals surface area contributed by atoms with Gasteiger partial charge in [-0.3, -0.25) is 9.48 Å². The molecule has 0 bridgehead atoms. The summed E-state index contributed by atoms with van der Waals surface area (Å²) in [6.45, 7) is 0. The van der Waals surface area contributed by atoms with E-state index in [9.17, 15) is 4.79 Å². The molecule has 6 heteroatoms. The third kappa shape index (κ3) is 3.19. The molecular weight excluding hydrogens is 324 g/mol. The SMILES string of the molecule is COc1ccc(Br)cc1-c1nn(C)cc1CCC(=O)O. The first kappa shape index (κ1) is 14.6. The van der Waals surface area contributed by atoms with Gasteiger partial charge in [-0.05, 0) is 30.2 Å². The number of methoxy groups -OCH3 is 1. The molecule has 0 aliphatic rings. The van der Waals surface area contributed by atoms with Gasteiger partial charge >= 0.3 is 5.97 Å². The van der Waals surface area contributed by atoms with E-state index >= 15 is 0 Å². The quantitative estimate of drug-likeness (QED) is 0.910. The van der Waals surface area contributed by atoms with Crippen LogP contribution in [0.25, 0.3) is 11.3 Å². The van der Waals surface area contributed by atoms with Crippen molar-refractivity contribution in [3.05, 3.63) is 34.4 Å². The zero-order valence-corrected chi connectivity index (χ0v) is 12.8. The lowest BCUT2D eigenvalue weighted by molar-refractivity contribution is -0.136. The average molecular weight is 339 g/mol. The zero-order valence-electron chi connectivity index (χ0n) is 11.3. The maximum absolute atomic E-state index is 10.7. The number of benzene rings is 1. The number of aromatic nitrogens is 2. The molecule has 5 nitrogen and oxygen atoms in total. The van der Waals surface area contributed by atoms with Crippen LogP contribution < -0.4 is 4.74 Å². The van der Waals surface area contributed by atoms with E-state index in [0.717, 1.165) is 21.3 Å². The molecule has 2 rings (SSSR count). The Morgan fingerprint density at radius 3 is 2.90 bits per heavy atom. The minimum atomic E-state index is -0.819. The van der Waals surface area contributed by atoms with Crippen molar-refractivity contribution in [2.24, 2.45) is 7.05 Å². The Kier molecular flexibility index (Phi) is 4.44. The minimum absolute atomic E-state index is 0.0784. The van der Waals surface area contributed by atoms with E-state index in [2.05, 4.69) is 21.0 Å². The summed E-state index contributed by atoms with van der Waals surface area (Å²) in [4.78, 5) is 10.7. The first-order valence-corrected chi connectivity index (χ1v) is 6.88. The van der Waals surface area contributed by atoms with Crippen LogP contribution in [0.4, 0.5) is 0 Å². The summed E-state index contributed by atoms with van der Waals surface area (Å²) in [5.41, 5.74) is 2.50. The van der Waals surface area contributed by atoms with Crippen molar-refractivity contribution in [2.45, 2.75) is 12.8 Å². The molecule has 0 atom stereocenters. The Labute approximate surface area is 125 Å². The topological polar surface area (TPSA) is 64.4 Å². The number of aryl methyl sites for hydroxylation is 2. The summed E-state index contributed by atoms with van der Waals surface area (Å²) in [5.74, 6) is -0.107. The number of carboxylic acid groups (broad SMARTS) is 1. The molecule has 0 spiro atoms. The molecule has 0 aliphatic heterocycles. The highest BCUT2D eigenvalue weighted by Crippen LogP contribution is 2.34. The van der Waals surface area contributed by atoms with Crippen molar-refractivity contribution in [2.75, 3.05) is 7.11 Å². The van der Waals surface area contributed by atoms with Crippen LogP contribution in [0, 0.1) is 0 Å². The zero-order chi connectivity index (χ0) is 14.7. The molecule has 1 heterocycles. The molecule has 0 aliphatic carbocycles. The largest absolute Gasteiger partial charge is 0.496 e. The number of hydrogen-bond acceptors (Lipinski definition) is 3. The first-order chi connectivity index (χ1) is 9.51. The second-order valence-electron chi connectivity index (χ2n) is 4.41. The maximum atomic E-state index is 10.7. The summed E-state index contributed by atoms with van der Waals surface area (Å²) in [7, 11) is 3.42. The fourth-order valence-corrected chi connectivity index (χ4v) is 2.42. The van der Waals surface area contributed by atoms with Crippen LogP contribution in [0.15, 0.2) is 28.9 Å². The van der Waals surface area contributed by atoms with Crippen molar-refractivity contribution < 1.29 is 14.6 Å².